The Balaban J connectivity index is 1.52. The molecule has 0 fully saturated rings. The van der Waals surface area contributed by atoms with Gasteiger partial charge in [-0.25, -0.2) is 0 Å². The fraction of sp³-hybridized carbons (Fsp3) is 0.345. The molecule has 35 heavy (non-hydrogen) atoms. The summed E-state index contributed by atoms with van der Waals surface area (Å²) in [4.78, 5) is 17.5. The van der Waals surface area contributed by atoms with E-state index in [4.69, 9.17) is 0 Å². The number of allylic oxidation sites excluding steroid dienone is 1. The predicted molar refractivity (Wildman–Crippen MR) is 131 cm³/mol. The summed E-state index contributed by atoms with van der Waals surface area (Å²) in [6, 6.07) is 13.2. The van der Waals surface area contributed by atoms with Crippen molar-refractivity contribution in [3.05, 3.63) is 94.2 Å². The third kappa shape index (κ3) is 6.04. The lowest BCUT2D eigenvalue weighted by atomic mass is 9.86. The van der Waals surface area contributed by atoms with Gasteiger partial charge in [-0.1, -0.05) is 48.8 Å². The van der Waals surface area contributed by atoms with Gasteiger partial charge in [-0.05, 0) is 61.1 Å². The number of carbonyl (C=O) groups is 1. The number of hydrogen-bond donors (Lipinski definition) is 0. The highest BCUT2D eigenvalue weighted by Gasteiger charge is 2.31. The number of nitrogens with zero attached hydrogens (tertiary/aromatic N) is 2. The SMILES string of the molecule is CC#Cc1cccc(CN2CCC3=C(C2)C(=O)N(Cc2ccc(C(F)(F)F)cc2)C=CCC3C)c1. The van der Waals surface area contributed by atoms with Crippen molar-refractivity contribution < 1.29 is 18.0 Å². The smallest absolute Gasteiger partial charge is 0.311 e. The molecule has 0 saturated heterocycles. The Hall–Kier alpha value is -3.30. The monoisotopic (exact) mass is 478 g/mol. The predicted octanol–water partition coefficient (Wildman–Crippen LogP) is 6.16. The zero-order valence-corrected chi connectivity index (χ0v) is 20.0. The number of benzene rings is 2. The van der Waals surface area contributed by atoms with Gasteiger partial charge in [0, 0.05) is 37.0 Å². The summed E-state index contributed by atoms with van der Waals surface area (Å²) >= 11 is 0. The van der Waals surface area contributed by atoms with Crippen LogP contribution in [0.2, 0.25) is 0 Å². The van der Waals surface area contributed by atoms with Gasteiger partial charge in [0.1, 0.15) is 0 Å². The summed E-state index contributed by atoms with van der Waals surface area (Å²) < 4.78 is 38.8. The molecule has 182 valence electrons. The maximum Gasteiger partial charge on any atom is 0.416 e. The number of halogens is 3. The van der Waals surface area contributed by atoms with Crippen molar-refractivity contribution in [1.82, 2.24) is 9.80 Å². The van der Waals surface area contributed by atoms with E-state index in [2.05, 4.69) is 35.8 Å². The zero-order valence-electron chi connectivity index (χ0n) is 20.0. The first kappa shape index (κ1) is 24.8. The van der Waals surface area contributed by atoms with E-state index in [1.54, 1.807) is 11.1 Å². The molecule has 6 heteroatoms. The van der Waals surface area contributed by atoms with Gasteiger partial charge < -0.3 is 4.90 Å². The molecule has 1 amide bonds. The van der Waals surface area contributed by atoms with Crippen molar-refractivity contribution in [2.45, 2.75) is 46.0 Å². The topological polar surface area (TPSA) is 23.6 Å². The van der Waals surface area contributed by atoms with E-state index >= 15 is 0 Å². The van der Waals surface area contributed by atoms with Crippen LogP contribution in [-0.2, 0) is 24.1 Å². The fourth-order valence-electron chi connectivity index (χ4n) is 4.76. The molecule has 0 radical (unpaired) electrons. The van der Waals surface area contributed by atoms with Crippen molar-refractivity contribution in [2.24, 2.45) is 5.92 Å². The molecule has 2 aliphatic rings. The Bertz CT molecular complexity index is 1200. The number of rotatable bonds is 4. The minimum absolute atomic E-state index is 0.0713. The first-order chi connectivity index (χ1) is 16.7. The Morgan fingerprint density at radius 1 is 1.06 bits per heavy atom. The van der Waals surface area contributed by atoms with Gasteiger partial charge in [-0.15, -0.1) is 5.92 Å². The highest BCUT2D eigenvalue weighted by molar-refractivity contribution is 5.95. The van der Waals surface area contributed by atoms with Crippen molar-refractivity contribution in [1.29, 1.82) is 0 Å². The number of hydrogen-bond acceptors (Lipinski definition) is 2. The van der Waals surface area contributed by atoms with Crippen LogP contribution in [0.5, 0.6) is 0 Å². The second kappa shape index (κ2) is 10.5. The molecule has 1 atom stereocenters. The number of amides is 1. The number of alkyl halides is 3. The Morgan fingerprint density at radius 3 is 2.54 bits per heavy atom. The molecular weight excluding hydrogens is 449 g/mol. The third-order valence-electron chi connectivity index (χ3n) is 6.59. The molecule has 4 rings (SSSR count). The lowest BCUT2D eigenvalue weighted by molar-refractivity contribution is -0.137. The van der Waals surface area contributed by atoms with Gasteiger partial charge >= 0.3 is 6.18 Å². The molecule has 2 aromatic rings. The van der Waals surface area contributed by atoms with Crippen molar-refractivity contribution in [3.63, 3.8) is 0 Å². The Morgan fingerprint density at radius 2 is 1.83 bits per heavy atom. The van der Waals surface area contributed by atoms with Crippen LogP contribution in [-0.4, -0.2) is 28.8 Å². The van der Waals surface area contributed by atoms with E-state index in [1.165, 1.54) is 17.7 Å². The van der Waals surface area contributed by atoms with Crippen LogP contribution < -0.4 is 0 Å². The van der Waals surface area contributed by atoms with Gasteiger partial charge in [-0.2, -0.15) is 13.2 Å². The van der Waals surface area contributed by atoms with Crippen molar-refractivity contribution in [3.8, 4) is 11.8 Å². The fourth-order valence-corrected chi connectivity index (χ4v) is 4.76. The molecule has 0 saturated carbocycles. The van der Waals surface area contributed by atoms with E-state index in [-0.39, 0.29) is 18.4 Å². The lowest BCUT2D eigenvalue weighted by Gasteiger charge is -2.35. The quantitative estimate of drug-likeness (QED) is 0.492. The van der Waals surface area contributed by atoms with Crippen molar-refractivity contribution >= 4 is 5.91 Å². The summed E-state index contributed by atoms with van der Waals surface area (Å²) in [7, 11) is 0. The normalized spacial score (nSPS) is 19.1. The molecule has 0 spiro atoms. The molecule has 2 heterocycles. The van der Waals surface area contributed by atoms with Crippen LogP contribution in [0.4, 0.5) is 13.2 Å². The molecule has 1 unspecified atom stereocenters. The van der Waals surface area contributed by atoms with Crippen LogP contribution in [0.1, 0.15) is 48.9 Å². The van der Waals surface area contributed by atoms with Crippen LogP contribution >= 0.6 is 0 Å². The van der Waals surface area contributed by atoms with Gasteiger partial charge in [0.05, 0.1) is 12.1 Å². The molecule has 2 aromatic carbocycles. The Kier molecular flexibility index (Phi) is 7.47. The minimum Gasteiger partial charge on any atom is -0.311 e. The van der Waals surface area contributed by atoms with Gasteiger partial charge in [0.15, 0.2) is 0 Å². The van der Waals surface area contributed by atoms with E-state index < -0.39 is 11.7 Å². The molecule has 0 aliphatic carbocycles. The van der Waals surface area contributed by atoms with E-state index in [9.17, 15) is 18.0 Å². The zero-order chi connectivity index (χ0) is 25.0. The maximum absolute atomic E-state index is 13.6. The molecule has 0 N–H and O–H groups in total. The third-order valence-corrected chi connectivity index (χ3v) is 6.59. The molecular formula is C29H29F3N2O. The van der Waals surface area contributed by atoms with Crippen LogP contribution in [0.25, 0.3) is 0 Å². The number of carbonyl (C=O) groups excluding carboxylic acids is 1. The first-order valence-electron chi connectivity index (χ1n) is 11.8. The van der Waals surface area contributed by atoms with Gasteiger partial charge in [-0.3, -0.25) is 9.69 Å². The molecule has 3 nitrogen and oxygen atoms in total. The standard InChI is InChI=1S/C29H29F3N2O/c1-3-6-22-8-4-9-24(17-22)18-33-16-14-26-21(2)7-5-15-34(28(35)27(26)20-33)19-23-10-12-25(13-11-23)29(30,31)32/h4-5,8-13,15,17,21H,7,14,16,18-20H2,1-2H3. The summed E-state index contributed by atoms with van der Waals surface area (Å²) in [5, 5.41) is 0. The van der Waals surface area contributed by atoms with Crippen molar-refractivity contribution in [2.75, 3.05) is 13.1 Å². The largest absolute Gasteiger partial charge is 0.416 e. The second-order valence-electron chi connectivity index (χ2n) is 9.19. The van der Waals surface area contributed by atoms with Gasteiger partial charge in [0.25, 0.3) is 5.91 Å². The summed E-state index contributed by atoms with van der Waals surface area (Å²) in [5.74, 6) is 6.23. The Labute approximate surface area is 204 Å². The highest BCUT2D eigenvalue weighted by Crippen LogP contribution is 2.32. The molecule has 2 aliphatic heterocycles. The van der Waals surface area contributed by atoms with Gasteiger partial charge in [0.2, 0.25) is 0 Å². The van der Waals surface area contributed by atoms with Crippen LogP contribution in [0.3, 0.4) is 0 Å². The summed E-state index contributed by atoms with van der Waals surface area (Å²) in [5.41, 5.74) is 4.11. The van der Waals surface area contributed by atoms with E-state index in [0.29, 0.717) is 12.1 Å². The lowest BCUT2D eigenvalue weighted by Crippen LogP contribution is -2.39. The average Bonchev–Trinajstić information content (AvgIpc) is 2.82. The molecule has 0 aromatic heterocycles. The first-order valence-corrected chi connectivity index (χ1v) is 11.8. The van der Waals surface area contributed by atoms with E-state index in [0.717, 1.165) is 54.8 Å². The molecule has 0 bridgehead atoms. The summed E-state index contributed by atoms with van der Waals surface area (Å²) in [6.45, 7) is 6.36. The maximum atomic E-state index is 13.6. The average molecular weight is 479 g/mol. The summed E-state index contributed by atoms with van der Waals surface area (Å²) in [6.07, 6.45) is 1.06. The minimum atomic E-state index is -4.38. The second-order valence-corrected chi connectivity index (χ2v) is 9.19. The van der Waals surface area contributed by atoms with Crippen LogP contribution in [0.15, 0.2) is 72.0 Å². The van der Waals surface area contributed by atoms with Crippen LogP contribution in [0, 0.1) is 17.8 Å². The highest BCUT2D eigenvalue weighted by atomic mass is 19.4. The van der Waals surface area contributed by atoms with E-state index in [1.807, 2.05) is 25.1 Å².